The minimum atomic E-state index is -3.72. The summed E-state index contributed by atoms with van der Waals surface area (Å²) in [5.41, 5.74) is 1.99. The van der Waals surface area contributed by atoms with Crippen molar-refractivity contribution in [2.24, 2.45) is 0 Å². The van der Waals surface area contributed by atoms with Gasteiger partial charge in [0.15, 0.2) is 5.58 Å². The van der Waals surface area contributed by atoms with E-state index >= 15 is 0 Å². The number of nitrogens with one attached hydrogen (secondary N) is 2. The lowest BCUT2D eigenvalue weighted by atomic mass is 10.2. The third-order valence-corrected chi connectivity index (χ3v) is 4.76. The van der Waals surface area contributed by atoms with Crippen molar-refractivity contribution in [3.8, 4) is 0 Å². The van der Waals surface area contributed by atoms with E-state index in [-0.39, 0.29) is 17.0 Å². The Morgan fingerprint density at radius 2 is 2.00 bits per heavy atom. The number of hydrogen-bond acceptors (Lipinski definition) is 5. The van der Waals surface area contributed by atoms with E-state index in [1.165, 1.54) is 6.07 Å². The fraction of sp³-hybridized carbons (Fsp3) is 0.143. The largest absolute Gasteiger partial charge is 0.417 e. The fourth-order valence-electron chi connectivity index (χ4n) is 2.13. The highest BCUT2D eigenvalue weighted by Gasteiger charge is 2.18. The molecule has 3 aromatic rings. The van der Waals surface area contributed by atoms with Crippen LogP contribution in [0.3, 0.4) is 0 Å². The van der Waals surface area contributed by atoms with Crippen LogP contribution in [0.1, 0.15) is 11.1 Å². The molecule has 114 valence electrons. The molecule has 0 fully saturated rings. The third-order valence-electron chi connectivity index (χ3n) is 3.22. The van der Waals surface area contributed by atoms with Gasteiger partial charge >= 0.3 is 5.76 Å². The number of benzene rings is 1. The summed E-state index contributed by atoms with van der Waals surface area (Å²) in [4.78, 5) is 17.6. The number of oxazole rings is 1. The lowest BCUT2D eigenvalue weighted by molar-refractivity contribution is 0.553. The molecule has 0 unspecified atom stereocenters. The van der Waals surface area contributed by atoms with Crippen LogP contribution < -0.4 is 10.5 Å². The molecular weight excluding hydrogens is 306 g/mol. The van der Waals surface area contributed by atoms with Crippen LogP contribution in [0.4, 0.5) is 0 Å². The van der Waals surface area contributed by atoms with Crippen LogP contribution in [0.15, 0.2) is 50.8 Å². The maximum absolute atomic E-state index is 12.4. The average Bonchev–Trinajstić information content (AvgIpc) is 2.84. The smallest absolute Gasteiger partial charge is 0.408 e. The molecule has 0 amide bonds. The van der Waals surface area contributed by atoms with Crippen LogP contribution >= 0.6 is 0 Å². The molecule has 2 aromatic heterocycles. The summed E-state index contributed by atoms with van der Waals surface area (Å²) in [5.74, 6) is -0.617. The predicted octanol–water partition coefficient (Wildman–Crippen LogP) is 1.30. The number of aromatic nitrogens is 2. The Bertz CT molecular complexity index is 974. The molecule has 0 atom stereocenters. The van der Waals surface area contributed by atoms with E-state index in [1.54, 1.807) is 37.5 Å². The number of nitrogens with zero attached hydrogens (tertiary/aromatic N) is 1. The molecule has 1 aromatic carbocycles. The van der Waals surface area contributed by atoms with Crippen molar-refractivity contribution in [3.63, 3.8) is 0 Å². The highest BCUT2D eigenvalue weighted by molar-refractivity contribution is 7.89. The SMILES string of the molecule is Cc1cc2[nH]c(=O)oc2cc1S(=O)(=O)NCc1ccncc1. The summed E-state index contributed by atoms with van der Waals surface area (Å²) in [6.07, 6.45) is 3.19. The monoisotopic (exact) mass is 319 g/mol. The van der Waals surface area contributed by atoms with Gasteiger partial charge in [0.1, 0.15) is 0 Å². The first-order valence-corrected chi connectivity index (χ1v) is 7.96. The number of rotatable bonds is 4. The summed E-state index contributed by atoms with van der Waals surface area (Å²) in [6, 6.07) is 6.37. The molecule has 0 aliphatic heterocycles. The lowest BCUT2D eigenvalue weighted by Gasteiger charge is -2.09. The number of H-pyrrole nitrogens is 1. The Morgan fingerprint density at radius 1 is 1.27 bits per heavy atom. The highest BCUT2D eigenvalue weighted by Crippen LogP contribution is 2.21. The van der Waals surface area contributed by atoms with Crippen molar-refractivity contribution in [1.82, 2.24) is 14.7 Å². The topological polar surface area (TPSA) is 105 Å². The van der Waals surface area contributed by atoms with Crippen molar-refractivity contribution in [1.29, 1.82) is 0 Å². The molecule has 8 heteroatoms. The summed E-state index contributed by atoms with van der Waals surface area (Å²) < 4.78 is 32.3. The van der Waals surface area contributed by atoms with E-state index in [2.05, 4.69) is 14.7 Å². The third kappa shape index (κ3) is 2.78. The zero-order chi connectivity index (χ0) is 15.7. The Hall–Kier alpha value is -2.45. The fourth-order valence-corrected chi connectivity index (χ4v) is 3.39. The summed E-state index contributed by atoms with van der Waals surface area (Å²) in [5, 5.41) is 0. The summed E-state index contributed by atoms with van der Waals surface area (Å²) in [7, 11) is -3.72. The minimum Gasteiger partial charge on any atom is -0.408 e. The molecule has 0 saturated carbocycles. The van der Waals surface area contributed by atoms with E-state index in [1.807, 2.05) is 0 Å². The number of aromatic amines is 1. The second kappa shape index (κ2) is 5.39. The standard InChI is InChI=1S/C14H13N3O4S/c1-9-6-11-12(21-14(18)17-11)7-13(9)22(19,20)16-8-10-2-4-15-5-3-10/h2-7,16H,8H2,1H3,(H,17,18). The van der Waals surface area contributed by atoms with Gasteiger partial charge < -0.3 is 4.42 Å². The number of pyridine rings is 1. The zero-order valence-corrected chi connectivity index (χ0v) is 12.5. The molecule has 0 aliphatic carbocycles. The number of sulfonamides is 1. The van der Waals surface area contributed by atoms with Gasteiger partial charge in [-0.05, 0) is 36.2 Å². The number of fused-ring (bicyclic) bond motifs is 1. The van der Waals surface area contributed by atoms with Gasteiger partial charge in [-0.2, -0.15) is 0 Å². The van der Waals surface area contributed by atoms with E-state index in [0.717, 1.165) is 5.56 Å². The molecule has 0 aliphatic rings. The van der Waals surface area contributed by atoms with Gasteiger partial charge in [0.05, 0.1) is 10.4 Å². The highest BCUT2D eigenvalue weighted by atomic mass is 32.2. The molecule has 22 heavy (non-hydrogen) atoms. The molecule has 0 bridgehead atoms. The maximum atomic E-state index is 12.4. The number of hydrogen-bond donors (Lipinski definition) is 2. The molecule has 2 N–H and O–H groups in total. The molecule has 2 heterocycles. The van der Waals surface area contributed by atoms with Crippen molar-refractivity contribution < 1.29 is 12.8 Å². The maximum Gasteiger partial charge on any atom is 0.417 e. The van der Waals surface area contributed by atoms with Crippen LogP contribution in [-0.2, 0) is 16.6 Å². The van der Waals surface area contributed by atoms with Crippen LogP contribution in [0.2, 0.25) is 0 Å². The second-order valence-corrected chi connectivity index (χ2v) is 6.54. The normalized spacial score (nSPS) is 11.9. The molecular formula is C14H13N3O4S. The quantitative estimate of drug-likeness (QED) is 0.754. The van der Waals surface area contributed by atoms with Gasteiger partial charge in [-0.3, -0.25) is 9.97 Å². The Balaban J connectivity index is 1.94. The van der Waals surface area contributed by atoms with E-state index in [9.17, 15) is 13.2 Å². The van der Waals surface area contributed by atoms with Crippen LogP contribution in [0.5, 0.6) is 0 Å². The summed E-state index contributed by atoms with van der Waals surface area (Å²) in [6.45, 7) is 1.81. The van der Waals surface area contributed by atoms with Gasteiger partial charge in [0, 0.05) is 25.0 Å². The molecule has 0 saturated heterocycles. The van der Waals surface area contributed by atoms with Gasteiger partial charge in [-0.25, -0.2) is 17.9 Å². The van der Waals surface area contributed by atoms with Crippen LogP contribution in [0.25, 0.3) is 11.1 Å². The molecule has 0 radical (unpaired) electrons. The summed E-state index contributed by atoms with van der Waals surface area (Å²) >= 11 is 0. The second-order valence-electron chi connectivity index (χ2n) is 4.81. The molecule has 3 rings (SSSR count). The van der Waals surface area contributed by atoms with Crippen molar-refractivity contribution >= 4 is 21.1 Å². The first kappa shape index (κ1) is 14.5. The van der Waals surface area contributed by atoms with E-state index in [4.69, 9.17) is 4.42 Å². The van der Waals surface area contributed by atoms with Crippen molar-refractivity contribution in [3.05, 3.63) is 58.3 Å². The van der Waals surface area contributed by atoms with E-state index in [0.29, 0.717) is 11.1 Å². The zero-order valence-electron chi connectivity index (χ0n) is 11.7. The average molecular weight is 319 g/mol. The first-order chi connectivity index (χ1) is 10.5. The predicted molar refractivity (Wildman–Crippen MR) is 79.8 cm³/mol. The van der Waals surface area contributed by atoms with Gasteiger partial charge in [0.25, 0.3) is 0 Å². The van der Waals surface area contributed by atoms with Crippen LogP contribution in [0, 0.1) is 6.92 Å². The van der Waals surface area contributed by atoms with Crippen molar-refractivity contribution in [2.75, 3.05) is 0 Å². The van der Waals surface area contributed by atoms with Gasteiger partial charge in [-0.1, -0.05) is 0 Å². The van der Waals surface area contributed by atoms with Gasteiger partial charge in [-0.15, -0.1) is 0 Å². The van der Waals surface area contributed by atoms with Crippen LogP contribution in [-0.4, -0.2) is 18.4 Å². The lowest BCUT2D eigenvalue weighted by Crippen LogP contribution is -2.24. The first-order valence-electron chi connectivity index (χ1n) is 6.48. The minimum absolute atomic E-state index is 0.0804. The number of aryl methyl sites for hydroxylation is 1. The van der Waals surface area contributed by atoms with E-state index < -0.39 is 15.8 Å². The Labute approximate surface area is 126 Å². The molecule has 0 spiro atoms. The van der Waals surface area contributed by atoms with Gasteiger partial charge in [0.2, 0.25) is 10.0 Å². The molecule has 7 nitrogen and oxygen atoms in total. The van der Waals surface area contributed by atoms with Crippen molar-refractivity contribution in [2.45, 2.75) is 18.4 Å². The Morgan fingerprint density at radius 3 is 2.73 bits per heavy atom. The Kier molecular flexibility index (Phi) is 3.55.